The Balaban J connectivity index is 2.56. The lowest BCUT2D eigenvalue weighted by Gasteiger charge is -2.01. The van der Waals surface area contributed by atoms with E-state index in [0.717, 1.165) is 0 Å². The van der Waals surface area contributed by atoms with Crippen molar-refractivity contribution in [2.45, 2.75) is 6.92 Å². The number of pyridine rings is 1. The predicted molar refractivity (Wildman–Crippen MR) is 58.0 cm³/mol. The number of aromatic nitrogens is 2. The van der Waals surface area contributed by atoms with Crippen molar-refractivity contribution in [2.24, 2.45) is 0 Å². The number of aryl methyl sites for hydroxylation is 1. The maximum absolute atomic E-state index is 11.1. The topological polar surface area (TPSA) is 85.5 Å². The van der Waals surface area contributed by atoms with E-state index in [1.54, 1.807) is 13.0 Å². The summed E-state index contributed by atoms with van der Waals surface area (Å²) in [6, 6.07) is 1.65. The first-order chi connectivity index (χ1) is 8.13. The van der Waals surface area contributed by atoms with E-state index in [2.05, 4.69) is 10.1 Å². The summed E-state index contributed by atoms with van der Waals surface area (Å²) < 4.78 is 9.90. The van der Waals surface area contributed by atoms with Crippen LogP contribution in [0.3, 0.4) is 0 Å². The van der Waals surface area contributed by atoms with Crippen LogP contribution in [0.4, 0.5) is 0 Å². The van der Waals surface area contributed by atoms with Gasteiger partial charge in [0, 0.05) is 11.8 Å². The van der Waals surface area contributed by atoms with Crippen LogP contribution in [0.15, 0.2) is 23.0 Å². The summed E-state index contributed by atoms with van der Waals surface area (Å²) in [6.45, 7) is 1.55. The summed E-state index contributed by atoms with van der Waals surface area (Å²) in [5.41, 5.74) is 0.833. The van der Waals surface area contributed by atoms with Crippen LogP contribution in [0.2, 0.25) is 0 Å². The van der Waals surface area contributed by atoms with Gasteiger partial charge in [0.25, 0.3) is 0 Å². The Bertz CT molecular complexity index is 562. The highest BCUT2D eigenvalue weighted by atomic mass is 16.5. The molecule has 0 radical (unpaired) electrons. The van der Waals surface area contributed by atoms with Crippen LogP contribution < -0.4 is 4.74 Å². The Hall–Kier alpha value is -2.37. The second-order valence-corrected chi connectivity index (χ2v) is 3.38. The van der Waals surface area contributed by atoms with E-state index in [-0.39, 0.29) is 17.0 Å². The minimum atomic E-state index is -1.08. The molecule has 2 rings (SSSR count). The molecule has 0 fully saturated rings. The molecule has 0 aliphatic heterocycles. The molecule has 2 aromatic heterocycles. The number of ether oxygens (including phenoxy) is 1. The molecule has 1 N–H and O–H groups in total. The Morgan fingerprint density at radius 2 is 2.24 bits per heavy atom. The average molecular weight is 234 g/mol. The fourth-order valence-electron chi connectivity index (χ4n) is 1.48. The van der Waals surface area contributed by atoms with Crippen LogP contribution >= 0.6 is 0 Å². The van der Waals surface area contributed by atoms with E-state index in [1.807, 2.05) is 0 Å². The van der Waals surface area contributed by atoms with Crippen molar-refractivity contribution in [1.82, 2.24) is 10.1 Å². The summed E-state index contributed by atoms with van der Waals surface area (Å²) in [6.07, 6.45) is 3.03. The van der Waals surface area contributed by atoms with Crippen LogP contribution in [-0.2, 0) is 0 Å². The normalized spacial score (nSPS) is 10.2. The molecule has 0 saturated carbocycles. The number of aromatic carboxylic acids is 1. The van der Waals surface area contributed by atoms with Gasteiger partial charge >= 0.3 is 5.97 Å². The monoisotopic (exact) mass is 234 g/mol. The van der Waals surface area contributed by atoms with Crippen LogP contribution in [-0.4, -0.2) is 28.3 Å². The molecule has 17 heavy (non-hydrogen) atoms. The molecule has 0 saturated heterocycles. The van der Waals surface area contributed by atoms with Gasteiger partial charge in [-0.3, -0.25) is 4.98 Å². The zero-order valence-corrected chi connectivity index (χ0v) is 9.30. The van der Waals surface area contributed by atoms with Crippen molar-refractivity contribution in [2.75, 3.05) is 7.11 Å². The number of carbonyl (C=O) groups is 1. The zero-order chi connectivity index (χ0) is 12.4. The maximum atomic E-state index is 11.1. The number of methoxy groups -OCH3 is 1. The smallest absolute Gasteiger partial charge is 0.341 e. The van der Waals surface area contributed by atoms with Gasteiger partial charge in [0.1, 0.15) is 22.8 Å². The first kappa shape index (κ1) is 11.1. The highest BCUT2D eigenvalue weighted by molar-refractivity contribution is 5.95. The average Bonchev–Trinajstić information content (AvgIpc) is 2.71. The quantitative estimate of drug-likeness (QED) is 0.870. The Morgan fingerprint density at radius 1 is 1.47 bits per heavy atom. The molecule has 0 spiro atoms. The SMILES string of the molecule is COc1cncc(-c2noc(C)c2C(=O)O)c1. The van der Waals surface area contributed by atoms with Gasteiger partial charge < -0.3 is 14.4 Å². The van der Waals surface area contributed by atoms with Crippen molar-refractivity contribution in [3.63, 3.8) is 0 Å². The van der Waals surface area contributed by atoms with Gasteiger partial charge in [0.05, 0.1) is 13.3 Å². The summed E-state index contributed by atoms with van der Waals surface area (Å²) in [5.74, 6) is -0.295. The third-order valence-electron chi connectivity index (χ3n) is 2.30. The van der Waals surface area contributed by atoms with Gasteiger partial charge in [0.15, 0.2) is 0 Å². The van der Waals surface area contributed by atoms with Crippen LogP contribution in [0.1, 0.15) is 16.1 Å². The van der Waals surface area contributed by atoms with Crippen LogP contribution in [0.5, 0.6) is 5.75 Å². The van der Waals surface area contributed by atoms with E-state index < -0.39 is 5.97 Å². The standard InChI is InChI=1S/C11H10N2O4/c1-6-9(11(14)15)10(13-17-6)7-3-8(16-2)5-12-4-7/h3-5H,1-2H3,(H,14,15). The summed E-state index contributed by atoms with van der Waals surface area (Å²) in [5, 5.41) is 12.8. The molecule has 0 aromatic carbocycles. The first-order valence-corrected chi connectivity index (χ1v) is 4.82. The number of carboxylic acid groups (broad SMARTS) is 1. The molecule has 0 unspecified atom stereocenters. The number of nitrogens with zero attached hydrogens (tertiary/aromatic N) is 2. The highest BCUT2D eigenvalue weighted by Crippen LogP contribution is 2.26. The van der Waals surface area contributed by atoms with Crippen LogP contribution in [0, 0.1) is 6.92 Å². The van der Waals surface area contributed by atoms with E-state index in [1.165, 1.54) is 19.5 Å². The number of carboxylic acids is 1. The molecular formula is C11H10N2O4. The zero-order valence-electron chi connectivity index (χ0n) is 9.30. The Morgan fingerprint density at radius 3 is 2.88 bits per heavy atom. The fourth-order valence-corrected chi connectivity index (χ4v) is 1.48. The van der Waals surface area contributed by atoms with Gasteiger partial charge in [-0.1, -0.05) is 5.16 Å². The van der Waals surface area contributed by atoms with Gasteiger partial charge in [-0.05, 0) is 13.0 Å². The van der Waals surface area contributed by atoms with E-state index in [9.17, 15) is 4.79 Å². The predicted octanol–water partition coefficient (Wildman–Crippen LogP) is 1.75. The molecule has 6 heteroatoms. The van der Waals surface area contributed by atoms with Gasteiger partial charge in [-0.2, -0.15) is 0 Å². The first-order valence-electron chi connectivity index (χ1n) is 4.82. The summed E-state index contributed by atoms with van der Waals surface area (Å²) in [7, 11) is 1.51. The van der Waals surface area contributed by atoms with E-state index in [4.69, 9.17) is 14.4 Å². The second-order valence-electron chi connectivity index (χ2n) is 3.38. The van der Waals surface area contributed by atoms with Gasteiger partial charge in [0.2, 0.25) is 0 Å². The molecule has 0 aliphatic rings. The second kappa shape index (κ2) is 4.25. The Kier molecular flexibility index (Phi) is 2.78. The molecule has 2 aromatic rings. The number of hydrogen-bond donors (Lipinski definition) is 1. The van der Waals surface area contributed by atoms with Crippen molar-refractivity contribution in [3.05, 3.63) is 29.8 Å². The van der Waals surface area contributed by atoms with Crippen LogP contribution in [0.25, 0.3) is 11.3 Å². The van der Waals surface area contributed by atoms with Gasteiger partial charge in [-0.15, -0.1) is 0 Å². The van der Waals surface area contributed by atoms with Crippen molar-refractivity contribution >= 4 is 5.97 Å². The van der Waals surface area contributed by atoms with Crippen molar-refractivity contribution in [3.8, 4) is 17.0 Å². The maximum Gasteiger partial charge on any atom is 0.341 e. The Labute approximate surface area is 96.8 Å². The van der Waals surface area contributed by atoms with Crippen molar-refractivity contribution < 1.29 is 19.2 Å². The lowest BCUT2D eigenvalue weighted by molar-refractivity contribution is 0.0696. The molecule has 0 atom stereocenters. The molecule has 6 nitrogen and oxygen atoms in total. The lowest BCUT2D eigenvalue weighted by Crippen LogP contribution is -1.99. The summed E-state index contributed by atoms with van der Waals surface area (Å²) >= 11 is 0. The third-order valence-corrected chi connectivity index (χ3v) is 2.30. The molecule has 2 heterocycles. The molecule has 0 amide bonds. The summed E-state index contributed by atoms with van der Waals surface area (Å²) in [4.78, 5) is 15.0. The number of rotatable bonds is 3. The third kappa shape index (κ3) is 1.96. The number of hydrogen-bond acceptors (Lipinski definition) is 5. The minimum Gasteiger partial charge on any atom is -0.495 e. The molecule has 88 valence electrons. The van der Waals surface area contributed by atoms with Gasteiger partial charge in [-0.25, -0.2) is 4.79 Å². The van der Waals surface area contributed by atoms with E-state index >= 15 is 0 Å². The largest absolute Gasteiger partial charge is 0.495 e. The highest BCUT2D eigenvalue weighted by Gasteiger charge is 2.21. The lowest BCUT2D eigenvalue weighted by atomic mass is 10.1. The fraction of sp³-hybridized carbons (Fsp3) is 0.182. The minimum absolute atomic E-state index is 0.0417. The molecular weight excluding hydrogens is 224 g/mol. The molecule has 0 bridgehead atoms. The molecule has 0 aliphatic carbocycles. The van der Waals surface area contributed by atoms with Crippen molar-refractivity contribution in [1.29, 1.82) is 0 Å². The van der Waals surface area contributed by atoms with E-state index in [0.29, 0.717) is 11.3 Å².